The van der Waals surface area contributed by atoms with Crippen molar-refractivity contribution in [2.45, 2.75) is 25.3 Å². The highest BCUT2D eigenvalue weighted by Gasteiger charge is 2.26. The zero-order valence-corrected chi connectivity index (χ0v) is 8.98. The van der Waals surface area contributed by atoms with E-state index in [4.69, 9.17) is 16.4 Å². The molecular formula is C12H14N4. The highest BCUT2D eigenvalue weighted by atomic mass is 15.2. The number of nitrogens with two attached hydrogens (primary N) is 1. The predicted octanol–water partition coefficient (Wildman–Crippen LogP) is 1.74. The Kier molecular flexibility index (Phi) is 2.78. The summed E-state index contributed by atoms with van der Waals surface area (Å²) in [5, 5.41) is 16.4. The van der Waals surface area contributed by atoms with Crippen molar-refractivity contribution in [3.63, 3.8) is 0 Å². The molecule has 1 unspecified atom stereocenters. The SMILES string of the molecule is N#CN(C(=N)N)C1CCCc2ccccc21. The van der Waals surface area contributed by atoms with Gasteiger partial charge in [0, 0.05) is 0 Å². The highest BCUT2D eigenvalue weighted by molar-refractivity contribution is 5.77. The third-order valence-electron chi connectivity index (χ3n) is 3.02. The minimum Gasteiger partial charge on any atom is -0.369 e. The van der Waals surface area contributed by atoms with Gasteiger partial charge in [-0.15, -0.1) is 0 Å². The van der Waals surface area contributed by atoms with Gasteiger partial charge in [0.1, 0.15) is 0 Å². The summed E-state index contributed by atoms with van der Waals surface area (Å²) < 4.78 is 0. The van der Waals surface area contributed by atoms with Crippen LogP contribution in [-0.2, 0) is 6.42 Å². The molecule has 0 spiro atoms. The summed E-state index contributed by atoms with van der Waals surface area (Å²) in [7, 11) is 0. The van der Waals surface area contributed by atoms with E-state index in [0.717, 1.165) is 24.8 Å². The fourth-order valence-corrected chi connectivity index (χ4v) is 2.29. The van der Waals surface area contributed by atoms with Crippen molar-refractivity contribution >= 4 is 5.96 Å². The van der Waals surface area contributed by atoms with Crippen molar-refractivity contribution in [2.24, 2.45) is 5.73 Å². The number of nitrogens with one attached hydrogen (secondary N) is 1. The molecule has 0 aliphatic heterocycles. The molecule has 82 valence electrons. The first kappa shape index (κ1) is 10.5. The Balaban J connectivity index is 2.38. The summed E-state index contributed by atoms with van der Waals surface area (Å²) in [6.07, 6.45) is 4.96. The molecule has 0 heterocycles. The van der Waals surface area contributed by atoms with Crippen LogP contribution >= 0.6 is 0 Å². The standard InChI is InChI=1S/C12H14N4/c13-8-16(12(14)15)11-7-3-5-9-4-1-2-6-10(9)11/h1-2,4,6,11H,3,5,7H2,(H3,14,15). The maximum atomic E-state index is 9.03. The van der Waals surface area contributed by atoms with E-state index in [9.17, 15) is 0 Å². The van der Waals surface area contributed by atoms with Gasteiger partial charge in [-0.3, -0.25) is 5.41 Å². The Hall–Kier alpha value is -2.02. The first-order valence-corrected chi connectivity index (χ1v) is 5.35. The van der Waals surface area contributed by atoms with Gasteiger partial charge >= 0.3 is 0 Å². The number of hydrogen-bond acceptors (Lipinski definition) is 2. The topological polar surface area (TPSA) is 76.9 Å². The van der Waals surface area contributed by atoms with E-state index in [1.165, 1.54) is 10.5 Å². The third-order valence-corrected chi connectivity index (χ3v) is 3.02. The lowest BCUT2D eigenvalue weighted by Crippen LogP contribution is -2.37. The van der Waals surface area contributed by atoms with Crippen LogP contribution in [0.25, 0.3) is 0 Å². The Morgan fingerprint density at radius 1 is 1.50 bits per heavy atom. The van der Waals surface area contributed by atoms with Crippen LogP contribution in [-0.4, -0.2) is 10.9 Å². The first-order valence-electron chi connectivity index (χ1n) is 5.35. The average Bonchev–Trinajstić information content (AvgIpc) is 2.30. The van der Waals surface area contributed by atoms with E-state index in [2.05, 4.69) is 6.07 Å². The van der Waals surface area contributed by atoms with E-state index in [1.54, 1.807) is 0 Å². The second-order valence-electron chi connectivity index (χ2n) is 3.96. The van der Waals surface area contributed by atoms with Crippen molar-refractivity contribution in [3.8, 4) is 6.19 Å². The van der Waals surface area contributed by atoms with Crippen LogP contribution in [0.4, 0.5) is 0 Å². The molecule has 1 aliphatic carbocycles. The van der Waals surface area contributed by atoms with Gasteiger partial charge in [-0.05, 0) is 30.4 Å². The van der Waals surface area contributed by atoms with Gasteiger partial charge in [-0.2, -0.15) is 5.26 Å². The van der Waals surface area contributed by atoms with Crippen LogP contribution in [0.1, 0.15) is 30.0 Å². The molecule has 2 rings (SSSR count). The predicted molar refractivity (Wildman–Crippen MR) is 61.5 cm³/mol. The monoisotopic (exact) mass is 214 g/mol. The van der Waals surface area contributed by atoms with Crippen molar-refractivity contribution in [1.82, 2.24) is 4.90 Å². The molecule has 0 fully saturated rings. The molecule has 1 aromatic rings. The van der Waals surface area contributed by atoms with Gasteiger partial charge in [0.25, 0.3) is 0 Å². The number of guanidine groups is 1. The molecule has 0 radical (unpaired) electrons. The van der Waals surface area contributed by atoms with Gasteiger partial charge in [0.2, 0.25) is 5.96 Å². The number of hydrogen-bond donors (Lipinski definition) is 2. The number of fused-ring (bicyclic) bond motifs is 1. The molecule has 0 saturated carbocycles. The largest absolute Gasteiger partial charge is 0.369 e. The van der Waals surface area contributed by atoms with Crippen LogP contribution in [0, 0.1) is 16.9 Å². The molecule has 0 bridgehead atoms. The summed E-state index contributed by atoms with van der Waals surface area (Å²) in [6, 6.07) is 8.01. The first-order chi connectivity index (χ1) is 7.74. The summed E-state index contributed by atoms with van der Waals surface area (Å²) in [4.78, 5) is 1.29. The Morgan fingerprint density at radius 2 is 2.25 bits per heavy atom. The van der Waals surface area contributed by atoms with E-state index in [-0.39, 0.29) is 12.0 Å². The maximum absolute atomic E-state index is 9.03. The molecule has 0 saturated heterocycles. The van der Waals surface area contributed by atoms with Gasteiger partial charge in [-0.1, -0.05) is 24.3 Å². The molecule has 1 aliphatic rings. The molecule has 0 amide bonds. The van der Waals surface area contributed by atoms with Crippen molar-refractivity contribution < 1.29 is 0 Å². The molecule has 4 heteroatoms. The van der Waals surface area contributed by atoms with Crippen LogP contribution in [0.5, 0.6) is 0 Å². The minimum atomic E-state index is -0.177. The van der Waals surface area contributed by atoms with Gasteiger partial charge in [-0.25, -0.2) is 4.90 Å². The second-order valence-corrected chi connectivity index (χ2v) is 3.96. The van der Waals surface area contributed by atoms with Gasteiger partial charge in [0.05, 0.1) is 6.04 Å². The van der Waals surface area contributed by atoms with Crippen LogP contribution in [0.15, 0.2) is 24.3 Å². The van der Waals surface area contributed by atoms with Crippen LogP contribution in [0.2, 0.25) is 0 Å². The molecule has 16 heavy (non-hydrogen) atoms. The highest BCUT2D eigenvalue weighted by Crippen LogP contribution is 2.33. The Bertz CT molecular complexity index is 447. The lowest BCUT2D eigenvalue weighted by Gasteiger charge is -2.30. The summed E-state index contributed by atoms with van der Waals surface area (Å²) in [5.74, 6) is -0.177. The van der Waals surface area contributed by atoms with Crippen molar-refractivity contribution in [2.75, 3.05) is 0 Å². The number of nitriles is 1. The fraction of sp³-hybridized carbons (Fsp3) is 0.333. The number of aryl methyl sites for hydroxylation is 1. The fourth-order valence-electron chi connectivity index (χ4n) is 2.29. The molecule has 1 aromatic carbocycles. The van der Waals surface area contributed by atoms with E-state index in [0.29, 0.717) is 0 Å². The van der Waals surface area contributed by atoms with Crippen molar-refractivity contribution in [3.05, 3.63) is 35.4 Å². The lowest BCUT2D eigenvalue weighted by atomic mass is 9.87. The molecule has 4 nitrogen and oxygen atoms in total. The Morgan fingerprint density at radius 3 is 2.94 bits per heavy atom. The number of rotatable bonds is 1. The average molecular weight is 214 g/mol. The summed E-state index contributed by atoms with van der Waals surface area (Å²) in [5.41, 5.74) is 7.82. The maximum Gasteiger partial charge on any atom is 0.202 e. The summed E-state index contributed by atoms with van der Waals surface area (Å²) >= 11 is 0. The van der Waals surface area contributed by atoms with Crippen LogP contribution < -0.4 is 5.73 Å². The zero-order chi connectivity index (χ0) is 11.5. The smallest absolute Gasteiger partial charge is 0.202 e. The molecule has 1 atom stereocenters. The van der Waals surface area contributed by atoms with E-state index >= 15 is 0 Å². The van der Waals surface area contributed by atoms with E-state index in [1.807, 2.05) is 24.4 Å². The number of nitrogens with zero attached hydrogens (tertiary/aromatic N) is 2. The third kappa shape index (κ3) is 1.72. The van der Waals surface area contributed by atoms with Gasteiger partial charge in [0.15, 0.2) is 6.19 Å². The van der Waals surface area contributed by atoms with Crippen LogP contribution in [0.3, 0.4) is 0 Å². The summed E-state index contributed by atoms with van der Waals surface area (Å²) in [6.45, 7) is 0. The van der Waals surface area contributed by atoms with E-state index < -0.39 is 0 Å². The molecule has 3 N–H and O–H groups in total. The Labute approximate surface area is 94.8 Å². The molecular weight excluding hydrogens is 200 g/mol. The quantitative estimate of drug-likeness (QED) is 0.323. The molecule has 0 aromatic heterocycles. The van der Waals surface area contributed by atoms with Gasteiger partial charge < -0.3 is 5.73 Å². The zero-order valence-electron chi connectivity index (χ0n) is 8.98. The normalized spacial score (nSPS) is 18.3. The minimum absolute atomic E-state index is 0.0625. The van der Waals surface area contributed by atoms with Crippen molar-refractivity contribution in [1.29, 1.82) is 10.7 Å². The number of benzene rings is 1. The lowest BCUT2D eigenvalue weighted by molar-refractivity contribution is 0.368. The second kappa shape index (κ2) is 4.23.